The number of methoxy groups -OCH3 is 1. The van der Waals surface area contributed by atoms with Gasteiger partial charge in [0.2, 0.25) is 5.91 Å². The van der Waals surface area contributed by atoms with E-state index in [-0.39, 0.29) is 19.1 Å². The molecule has 1 heterocycles. The Morgan fingerprint density at radius 2 is 1.87 bits per heavy atom. The van der Waals surface area contributed by atoms with Crippen LogP contribution in [-0.4, -0.2) is 22.6 Å². The van der Waals surface area contributed by atoms with Crippen molar-refractivity contribution >= 4 is 34.2 Å². The van der Waals surface area contributed by atoms with E-state index >= 15 is 0 Å². The van der Waals surface area contributed by atoms with Crippen LogP contribution in [-0.2, 0) is 17.9 Å². The van der Waals surface area contributed by atoms with Crippen molar-refractivity contribution < 1.29 is 14.3 Å². The van der Waals surface area contributed by atoms with Gasteiger partial charge in [0.25, 0.3) is 0 Å². The molecule has 0 bridgehead atoms. The molecule has 7 heteroatoms. The number of carbonyl (C=O) groups is 1. The third-order valence-electron chi connectivity index (χ3n) is 4.85. The Hall–Kier alpha value is -3.51. The minimum atomic E-state index is -0.181. The number of ether oxygens (including phenoxy) is 2. The summed E-state index contributed by atoms with van der Waals surface area (Å²) in [6.45, 7) is 2.28. The van der Waals surface area contributed by atoms with Gasteiger partial charge in [0.05, 0.1) is 23.8 Å². The SMILES string of the molecule is COc1ccc(C)cc1NC(=O)Cn1c(COc2ccc(Cl)cc2)nc2ccccc21. The molecule has 1 aromatic heterocycles. The summed E-state index contributed by atoms with van der Waals surface area (Å²) in [5.74, 6) is 1.76. The molecule has 0 aliphatic carbocycles. The molecule has 0 radical (unpaired) electrons. The number of anilines is 1. The number of nitrogens with zero attached hydrogens (tertiary/aromatic N) is 2. The van der Waals surface area contributed by atoms with Crippen molar-refractivity contribution in [3.8, 4) is 11.5 Å². The molecular weight excluding hydrogens is 414 g/mol. The summed E-state index contributed by atoms with van der Waals surface area (Å²) in [5.41, 5.74) is 3.33. The van der Waals surface area contributed by atoms with E-state index in [9.17, 15) is 4.79 Å². The fourth-order valence-corrected chi connectivity index (χ4v) is 3.47. The minimum absolute atomic E-state index is 0.0942. The first-order chi connectivity index (χ1) is 15.0. The van der Waals surface area contributed by atoms with Crippen LogP contribution in [0.5, 0.6) is 11.5 Å². The molecule has 0 atom stereocenters. The Labute approximate surface area is 185 Å². The number of nitrogens with one attached hydrogen (secondary N) is 1. The van der Waals surface area contributed by atoms with Crippen LogP contribution in [0.25, 0.3) is 11.0 Å². The van der Waals surface area contributed by atoms with Gasteiger partial charge in [0, 0.05) is 5.02 Å². The van der Waals surface area contributed by atoms with E-state index in [2.05, 4.69) is 10.3 Å². The average Bonchev–Trinajstić information content (AvgIpc) is 3.11. The van der Waals surface area contributed by atoms with Crippen molar-refractivity contribution in [2.75, 3.05) is 12.4 Å². The summed E-state index contributed by atoms with van der Waals surface area (Å²) in [5, 5.41) is 3.59. The zero-order valence-electron chi connectivity index (χ0n) is 17.3. The summed E-state index contributed by atoms with van der Waals surface area (Å²) in [6, 6.07) is 20.5. The molecule has 4 rings (SSSR count). The van der Waals surface area contributed by atoms with Crippen LogP contribution >= 0.6 is 11.6 Å². The van der Waals surface area contributed by atoms with Gasteiger partial charge in [-0.15, -0.1) is 0 Å². The lowest BCUT2D eigenvalue weighted by molar-refractivity contribution is -0.116. The van der Waals surface area contributed by atoms with E-state index in [0.29, 0.717) is 28.0 Å². The van der Waals surface area contributed by atoms with Crippen LogP contribution in [0.15, 0.2) is 66.7 Å². The molecule has 0 aliphatic rings. The first-order valence-electron chi connectivity index (χ1n) is 9.80. The summed E-state index contributed by atoms with van der Waals surface area (Å²) < 4.78 is 13.1. The Morgan fingerprint density at radius 1 is 1.10 bits per heavy atom. The predicted octanol–water partition coefficient (Wildman–Crippen LogP) is 5.22. The summed E-state index contributed by atoms with van der Waals surface area (Å²) >= 11 is 5.94. The molecule has 158 valence electrons. The first kappa shape index (κ1) is 20.8. The van der Waals surface area contributed by atoms with Gasteiger partial charge < -0.3 is 19.4 Å². The van der Waals surface area contributed by atoms with Gasteiger partial charge in [0.1, 0.15) is 30.5 Å². The quantitative estimate of drug-likeness (QED) is 0.432. The molecule has 0 aliphatic heterocycles. The molecule has 0 saturated heterocycles. The number of rotatable bonds is 7. The Morgan fingerprint density at radius 3 is 2.65 bits per heavy atom. The summed E-state index contributed by atoms with van der Waals surface area (Å²) in [6.07, 6.45) is 0. The monoisotopic (exact) mass is 435 g/mol. The largest absolute Gasteiger partial charge is 0.495 e. The van der Waals surface area contributed by atoms with Gasteiger partial charge in [0.15, 0.2) is 0 Å². The average molecular weight is 436 g/mol. The number of hydrogen-bond donors (Lipinski definition) is 1. The maximum Gasteiger partial charge on any atom is 0.244 e. The number of fused-ring (bicyclic) bond motifs is 1. The first-order valence-corrected chi connectivity index (χ1v) is 10.2. The van der Waals surface area contributed by atoms with Crippen LogP contribution in [0.3, 0.4) is 0 Å². The van der Waals surface area contributed by atoms with Crippen LogP contribution in [0.2, 0.25) is 5.02 Å². The lowest BCUT2D eigenvalue weighted by Gasteiger charge is -2.13. The second-order valence-corrected chi connectivity index (χ2v) is 7.53. The number of halogens is 1. The fraction of sp³-hybridized carbons (Fsp3) is 0.167. The number of imidazole rings is 1. The van der Waals surface area contributed by atoms with Gasteiger partial charge in [-0.25, -0.2) is 4.98 Å². The van der Waals surface area contributed by atoms with Gasteiger partial charge in [-0.3, -0.25) is 4.79 Å². The Balaban J connectivity index is 1.57. The van der Waals surface area contributed by atoms with E-state index < -0.39 is 0 Å². The highest BCUT2D eigenvalue weighted by Gasteiger charge is 2.15. The standard InChI is InChI=1S/C24H22ClN3O3/c1-16-7-12-22(30-2)20(13-16)27-24(29)14-28-21-6-4-3-5-19(21)26-23(28)15-31-18-10-8-17(25)9-11-18/h3-13H,14-15H2,1-2H3,(H,27,29). The molecule has 0 saturated carbocycles. The molecule has 1 amide bonds. The van der Waals surface area contributed by atoms with E-state index in [1.165, 1.54) is 0 Å². The van der Waals surface area contributed by atoms with Crippen molar-refractivity contribution in [1.82, 2.24) is 9.55 Å². The molecule has 4 aromatic rings. The van der Waals surface area contributed by atoms with Gasteiger partial charge in [-0.1, -0.05) is 29.8 Å². The fourth-order valence-electron chi connectivity index (χ4n) is 3.34. The highest BCUT2D eigenvalue weighted by atomic mass is 35.5. The summed E-state index contributed by atoms with van der Waals surface area (Å²) in [4.78, 5) is 17.6. The highest BCUT2D eigenvalue weighted by Crippen LogP contribution is 2.26. The molecule has 0 fully saturated rings. The van der Waals surface area contributed by atoms with Crippen LogP contribution < -0.4 is 14.8 Å². The number of carbonyl (C=O) groups excluding carboxylic acids is 1. The van der Waals surface area contributed by atoms with Crippen LogP contribution in [0.1, 0.15) is 11.4 Å². The molecule has 3 aromatic carbocycles. The van der Waals surface area contributed by atoms with Gasteiger partial charge in [-0.2, -0.15) is 0 Å². The van der Waals surface area contributed by atoms with E-state index in [1.807, 2.05) is 54.0 Å². The van der Waals surface area contributed by atoms with Crippen LogP contribution in [0.4, 0.5) is 5.69 Å². The number of aromatic nitrogens is 2. The van der Waals surface area contributed by atoms with Crippen molar-refractivity contribution in [2.24, 2.45) is 0 Å². The smallest absolute Gasteiger partial charge is 0.244 e. The number of hydrogen-bond acceptors (Lipinski definition) is 4. The minimum Gasteiger partial charge on any atom is -0.495 e. The molecule has 0 unspecified atom stereocenters. The van der Waals surface area contributed by atoms with Gasteiger partial charge in [-0.05, 0) is 61.0 Å². The summed E-state index contributed by atoms with van der Waals surface area (Å²) in [7, 11) is 1.58. The van der Waals surface area contributed by atoms with E-state index in [1.54, 1.807) is 31.4 Å². The van der Waals surface area contributed by atoms with Crippen molar-refractivity contribution in [3.05, 3.63) is 83.1 Å². The number of para-hydroxylation sites is 2. The maximum absolute atomic E-state index is 12.9. The van der Waals surface area contributed by atoms with E-state index in [4.69, 9.17) is 21.1 Å². The lowest BCUT2D eigenvalue weighted by Crippen LogP contribution is -2.21. The topological polar surface area (TPSA) is 65.4 Å². The predicted molar refractivity (Wildman–Crippen MR) is 122 cm³/mol. The molecule has 0 spiro atoms. The van der Waals surface area contributed by atoms with E-state index in [0.717, 1.165) is 16.6 Å². The number of benzene rings is 3. The maximum atomic E-state index is 12.9. The van der Waals surface area contributed by atoms with Crippen molar-refractivity contribution in [1.29, 1.82) is 0 Å². The zero-order chi connectivity index (χ0) is 21.8. The second-order valence-electron chi connectivity index (χ2n) is 7.10. The zero-order valence-corrected chi connectivity index (χ0v) is 18.0. The third kappa shape index (κ3) is 4.81. The number of amides is 1. The molecule has 1 N–H and O–H groups in total. The molecular formula is C24H22ClN3O3. The number of aryl methyl sites for hydroxylation is 1. The lowest BCUT2D eigenvalue weighted by atomic mass is 10.2. The second kappa shape index (κ2) is 9.10. The molecule has 31 heavy (non-hydrogen) atoms. The van der Waals surface area contributed by atoms with Crippen LogP contribution in [0, 0.1) is 6.92 Å². The normalized spacial score (nSPS) is 10.8. The highest BCUT2D eigenvalue weighted by molar-refractivity contribution is 6.30. The van der Waals surface area contributed by atoms with Crippen molar-refractivity contribution in [3.63, 3.8) is 0 Å². The van der Waals surface area contributed by atoms with Gasteiger partial charge >= 0.3 is 0 Å². The Bertz CT molecular complexity index is 1220. The third-order valence-corrected chi connectivity index (χ3v) is 5.10. The van der Waals surface area contributed by atoms with Crippen molar-refractivity contribution in [2.45, 2.75) is 20.1 Å². The molecule has 6 nitrogen and oxygen atoms in total. The Kier molecular flexibility index (Phi) is 6.09.